The van der Waals surface area contributed by atoms with Crippen LogP contribution < -0.4 is 4.74 Å². The molecular formula is C28H40N4O3. The van der Waals surface area contributed by atoms with E-state index >= 15 is 0 Å². The lowest BCUT2D eigenvalue weighted by molar-refractivity contribution is -0.128. The molecule has 1 aliphatic carbocycles. The molecule has 1 aromatic carbocycles. The van der Waals surface area contributed by atoms with E-state index in [4.69, 9.17) is 4.74 Å². The molecule has 1 amide bonds. The van der Waals surface area contributed by atoms with Crippen molar-refractivity contribution in [2.24, 2.45) is 11.3 Å². The van der Waals surface area contributed by atoms with Crippen LogP contribution in [-0.2, 0) is 22.4 Å². The third-order valence-electron chi connectivity index (χ3n) is 7.52. The average Bonchev–Trinajstić information content (AvgIpc) is 3.38. The van der Waals surface area contributed by atoms with Gasteiger partial charge in [-0.3, -0.25) is 9.59 Å². The number of likely N-dealkylation sites (tertiary alicyclic amines) is 1. The van der Waals surface area contributed by atoms with Crippen LogP contribution in [0.1, 0.15) is 88.1 Å². The summed E-state index contributed by atoms with van der Waals surface area (Å²) in [4.78, 5) is 27.8. The van der Waals surface area contributed by atoms with Gasteiger partial charge in [-0.1, -0.05) is 32.9 Å². The molecule has 0 N–H and O–H groups in total. The minimum Gasteiger partial charge on any atom is -0.496 e. The standard InChI is InChI=1S/C28H40N4O3/c1-18-20(9-7-10-25(18)35-6)15-24(34)22-16-31(19(2)33)17-23(22)27-30-29-26(32(27)21-12-13-21)11-8-14-28(3,4)5/h7,9-10,21-23H,8,11-17H2,1-6H3/t22-,23-/m0/s1. The van der Waals surface area contributed by atoms with Crippen molar-refractivity contribution in [1.29, 1.82) is 0 Å². The first-order chi connectivity index (χ1) is 16.6. The topological polar surface area (TPSA) is 77.3 Å². The maximum Gasteiger partial charge on any atom is 0.219 e. The van der Waals surface area contributed by atoms with E-state index in [1.165, 1.54) is 0 Å². The maximum absolute atomic E-state index is 13.7. The first kappa shape index (κ1) is 25.4. The Balaban J connectivity index is 1.60. The molecule has 2 aromatic rings. The van der Waals surface area contributed by atoms with Gasteiger partial charge in [-0.05, 0) is 55.2 Å². The number of aryl methyl sites for hydroxylation is 1. The van der Waals surface area contributed by atoms with Gasteiger partial charge in [0.1, 0.15) is 23.2 Å². The van der Waals surface area contributed by atoms with E-state index in [0.717, 1.165) is 60.6 Å². The third kappa shape index (κ3) is 5.76. The Labute approximate surface area is 209 Å². The molecule has 4 rings (SSSR count). The summed E-state index contributed by atoms with van der Waals surface area (Å²) < 4.78 is 7.76. The molecule has 1 aliphatic heterocycles. The second-order valence-corrected chi connectivity index (χ2v) is 11.5. The number of hydrogen-bond acceptors (Lipinski definition) is 5. The molecule has 1 saturated carbocycles. The number of Topliss-reactive ketones (excluding diaryl/α,β-unsaturated/α-hetero) is 1. The summed E-state index contributed by atoms with van der Waals surface area (Å²) in [6, 6.07) is 6.25. The summed E-state index contributed by atoms with van der Waals surface area (Å²) in [6.45, 7) is 11.3. The zero-order chi connectivity index (χ0) is 25.3. The molecule has 7 heteroatoms. The fourth-order valence-corrected chi connectivity index (χ4v) is 5.31. The highest BCUT2D eigenvalue weighted by Crippen LogP contribution is 2.42. The number of rotatable bonds is 9. The number of ether oxygens (including phenoxy) is 1. The van der Waals surface area contributed by atoms with Crippen molar-refractivity contribution in [1.82, 2.24) is 19.7 Å². The highest BCUT2D eigenvalue weighted by molar-refractivity contribution is 5.86. The number of amides is 1. The first-order valence-corrected chi connectivity index (χ1v) is 12.9. The molecule has 7 nitrogen and oxygen atoms in total. The van der Waals surface area contributed by atoms with Gasteiger partial charge in [-0.25, -0.2) is 0 Å². The van der Waals surface area contributed by atoms with Crippen LogP contribution in [0.3, 0.4) is 0 Å². The Kier molecular flexibility index (Phi) is 7.34. The van der Waals surface area contributed by atoms with Crippen molar-refractivity contribution in [3.05, 3.63) is 41.0 Å². The Hall–Kier alpha value is -2.70. The van der Waals surface area contributed by atoms with Crippen molar-refractivity contribution in [2.45, 2.75) is 85.1 Å². The SMILES string of the molecule is COc1cccc(CC(=O)[C@H]2CN(C(C)=O)C[C@@H]2c2nnc(CCCC(C)(C)C)n2C2CC2)c1C. The Bertz CT molecular complexity index is 1080. The van der Waals surface area contributed by atoms with E-state index in [1.807, 2.05) is 25.1 Å². The van der Waals surface area contributed by atoms with E-state index in [2.05, 4.69) is 35.5 Å². The monoisotopic (exact) mass is 480 g/mol. The van der Waals surface area contributed by atoms with Crippen LogP contribution in [0, 0.1) is 18.3 Å². The number of carbonyl (C=O) groups is 2. The molecule has 0 radical (unpaired) electrons. The Morgan fingerprint density at radius 3 is 2.51 bits per heavy atom. The normalized spacial score (nSPS) is 20.3. The average molecular weight is 481 g/mol. The summed E-state index contributed by atoms with van der Waals surface area (Å²) in [6.07, 6.45) is 5.67. The van der Waals surface area contributed by atoms with Crippen LogP contribution in [0.2, 0.25) is 0 Å². The largest absolute Gasteiger partial charge is 0.496 e. The Morgan fingerprint density at radius 1 is 1.14 bits per heavy atom. The smallest absolute Gasteiger partial charge is 0.219 e. The van der Waals surface area contributed by atoms with Gasteiger partial charge in [-0.15, -0.1) is 10.2 Å². The molecule has 35 heavy (non-hydrogen) atoms. The summed E-state index contributed by atoms with van der Waals surface area (Å²) in [5, 5.41) is 9.26. The number of ketones is 1. The van der Waals surface area contributed by atoms with Gasteiger partial charge < -0.3 is 14.2 Å². The summed E-state index contributed by atoms with van der Waals surface area (Å²) >= 11 is 0. The van der Waals surface area contributed by atoms with E-state index in [9.17, 15) is 9.59 Å². The molecule has 0 unspecified atom stereocenters. The summed E-state index contributed by atoms with van der Waals surface area (Å²) in [5.41, 5.74) is 2.25. The first-order valence-electron chi connectivity index (χ1n) is 12.9. The van der Waals surface area contributed by atoms with E-state index < -0.39 is 0 Å². The number of aromatic nitrogens is 3. The lowest BCUT2D eigenvalue weighted by atomic mass is 9.87. The van der Waals surface area contributed by atoms with Gasteiger partial charge in [0, 0.05) is 50.7 Å². The fraction of sp³-hybridized carbons (Fsp3) is 0.643. The Morgan fingerprint density at radius 2 is 1.89 bits per heavy atom. The number of methoxy groups -OCH3 is 1. The number of benzene rings is 1. The lowest BCUT2D eigenvalue weighted by Gasteiger charge is -2.20. The van der Waals surface area contributed by atoms with Crippen LogP contribution in [0.25, 0.3) is 0 Å². The molecule has 2 fully saturated rings. The van der Waals surface area contributed by atoms with Crippen molar-refractivity contribution >= 4 is 11.7 Å². The third-order valence-corrected chi connectivity index (χ3v) is 7.52. The van der Waals surface area contributed by atoms with Gasteiger partial charge in [0.05, 0.1) is 7.11 Å². The molecule has 2 atom stereocenters. The molecule has 2 heterocycles. The summed E-state index contributed by atoms with van der Waals surface area (Å²) in [5.74, 6) is 2.46. The van der Waals surface area contributed by atoms with Crippen molar-refractivity contribution in [3.63, 3.8) is 0 Å². The molecular weight excluding hydrogens is 440 g/mol. The molecule has 1 aromatic heterocycles. The molecule has 0 bridgehead atoms. The number of nitrogens with zero attached hydrogens (tertiary/aromatic N) is 4. The van der Waals surface area contributed by atoms with Crippen molar-refractivity contribution in [2.75, 3.05) is 20.2 Å². The minimum atomic E-state index is -0.284. The highest BCUT2D eigenvalue weighted by atomic mass is 16.5. The molecule has 0 spiro atoms. The van der Waals surface area contributed by atoms with Crippen molar-refractivity contribution < 1.29 is 14.3 Å². The van der Waals surface area contributed by atoms with E-state index in [1.54, 1.807) is 18.9 Å². The van der Waals surface area contributed by atoms with E-state index in [-0.39, 0.29) is 28.9 Å². The zero-order valence-electron chi connectivity index (χ0n) is 22.1. The van der Waals surface area contributed by atoms with Gasteiger partial charge in [0.25, 0.3) is 0 Å². The van der Waals surface area contributed by atoms with Gasteiger partial charge in [-0.2, -0.15) is 0 Å². The number of carbonyl (C=O) groups excluding carboxylic acids is 2. The van der Waals surface area contributed by atoms with Crippen LogP contribution in [0.15, 0.2) is 18.2 Å². The second-order valence-electron chi connectivity index (χ2n) is 11.5. The van der Waals surface area contributed by atoms with Gasteiger partial charge in [0.2, 0.25) is 5.91 Å². The van der Waals surface area contributed by atoms with Crippen LogP contribution in [0.5, 0.6) is 5.75 Å². The molecule has 190 valence electrons. The maximum atomic E-state index is 13.7. The van der Waals surface area contributed by atoms with Crippen LogP contribution in [-0.4, -0.2) is 51.6 Å². The quantitative estimate of drug-likeness (QED) is 0.521. The second kappa shape index (κ2) is 10.1. The van der Waals surface area contributed by atoms with Crippen LogP contribution >= 0.6 is 0 Å². The summed E-state index contributed by atoms with van der Waals surface area (Å²) in [7, 11) is 1.65. The lowest BCUT2D eigenvalue weighted by Crippen LogP contribution is -2.28. The van der Waals surface area contributed by atoms with Gasteiger partial charge in [0.15, 0.2) is 0 Å². The predicted molar refractivity (Wildman–Crippen MR) is 136 cm³/mol. The minimum absolute atomic E-state index is 0.00532. The van der Waals surface area contributed by atoms with Gasteiger partial charge >= 0.3 is 0 Å². The van der Waals surface area contributed by atoms with Crippen molar-refractivity contribution in [3.8, 4) is 5.75 Å². The number of hydrogen-bond donors (Lipinski definition) is 0. The predicted octanol–water partition coefficient (Wildman–Crippen LogP) is 4.67. The fourth-order valence-electron chi connectivity index (χ4n) is 5.31. The molecule has 2 aliphatic rings. The van der Waals surface area contributed by atoms with E-state index in [0.29, 0.717) is 25.6 Å². The molecule has 1 saturated heterocycles. The highest BCUT2D eigenvalue weighted by Gasteiger charge is 2.43. The zero-order valence-corrected chi connectivity index (χ0v) is 22.1. The van der Waals surface area contributed by atoms with Crippen LogP contribution in [0.4, 0.5) is 0 Å².